The summed E-state index contributed by atoms with van der Waals surface area (Å²) in [6.07, 6.45) is 0. The topological polar surface area (TPSA) is 48.5 Å². The zero-order valence-corrected chi connectivity index (χ0v) is 33.4. The van der Waals surface area contributed by atoms with Crippen molar-refractivity contribution in [3.05, 3.63) is 212 Å². The van der Waals surface area contributed by atoms with Crippen LogP contribution < -0.4 is 0 Å². The predicted molar refractivity (Wildman–Crippen MR) is 257 cm³/mol. The van der Waals surface area contributed by atoms with Gasteiger partial charge in [0.15, 0.2) is 17.5 Å². The van der Waals surface area contributed by atoms with Gasteiger partial charge in [-0.25, -0.2) is 15.0 Å². The van der Waals surface area contributed by atoms with Crippen molar-refractivity contribution < 1.29 is 0 Å². The molecule has 10 aromatic carbocycles. The van der Waals surface area contributed by atoms with Gasteiger partial charge in [-0.2, -0.15) is 0 Å². The molecule has 0 fully saturated rings. The number of nitrogens with zero attached hydrogens (tertiary/aromatic N) is 5. The van der Waals surface area contributed by atoms with Crippen molar-refractivity contribution in [1.82, 2.24) is 24.1 Å². The van der Waals surface area contributed by atoms with Crippen molar-refractivity contribution in [2.24, 2.45) is 0 Å². The molecule has 62 heavy (non-hydrogen) atoms. The van der Waals surface area contributed by atoms with E-state index in [0.29, 0.717) is 17.5 Å². The molecule has 0 spiro atoms. The molecule has 3 aromatic heterocycles. The molecule has 5 heteroatoms. The van der Waals surface area contributed by atoms with Crippen LogP contribution in [0.5, 0.6) is 0 Å². The molecule has 0 amide bonds. The first-order chi connectivity index (χ1) is 30.8. The third kappa shape index (κ3) is 5.18. The van der Waals surface area contributed by atoms with Gasteiger partial charge in [-0.3, -0.25) is 0 Å². The van der Waals surface area contributed by atoms with Crippen molar-refractivity contribution >= 4 is 75.9 Å². The Hall–Kier alpha value is -8.41. The fraction of sp³-hybridized carbons (Fsp3) is 0. The second-order valence-electron chi connectivity index (χ2n) is 16.0. The van der Waals surface area contributed by atoms with E-state index in [4.69, 9.17) is 15.0 Å². The Morgan fingerprint density at radius 2 is 0.823 bits per heavy atom. The highest BCUT2D eigenvalue weighted by Crippen LogP contribution is 2.44. The minimum absolute atomic E-state index is 0.634. The van der Waals surface area contributed by atoms with Gasteiger partial charge in [0.1, 0.15) is 0 Å². The van der Waals surface area contributed by atoms with Crippen LogP contribution in [0.1, 0.15) is 0 Å². The zero-order chi connectivity index (χ0) is 40.7. The maximum atomic E-state index is 5.15. The van der Waals surface area contributed by atoms with Crippen LogP contribution in [0.15, 0.2) is 212 Å². The minimum atomic E-state index is 0.634. The Bertz CT molecular complexity index is 3860. The summed E-state index contributed by atoms with van der Waals surface area (Å²) in [5.74, 6) is 1.92. The van der Waals surface area contributed by atoms with Crippen molar-refractivity contribution in [3.63, 3.8) is 0 Å². The van der Waals surface area contributed by atoms with E-state index in [-0.39, 0.29) is 0 Å². The monoisotopic (exact) mass is 789 g/mol. The normalized spacial score (nSPS) is 11.9. The number of rotatable bonds is 5. The molecule has 0 saturated carbocycles. The van der Waals surface area contributed by atoms with Gasteiger partial charge in [0.2, 0.25) is 0 Å². The smallest absolute Gasteiger partial charge is 0.164 e. The van der Waals surface area contributed by atoms with E-state index in [9.17, 15) is 0 Å². The van der Waals surface area contributed by atoms with Crippen LogP contribution in [0.2, 0.25) is 0 Å². The van der Waals surface area contributed by atoms with Crippen molar-refractivity contribution in [2.75, 3.05) is 0 Å². The first kappa shape index (κ1) is 34.5. The summed E-state index contributed by atoms with van der Waals surface area (Å²) in [6, 6.07) is 75.8. The molecule has 288 valence electrons. The van der Waals surface area contributed by atoms with Crippen LogP contribution in [-0.4, -0.2) is 24.1 Å². The molecule has 0 aliphatic heterocycles. The molecule has 5 nitrogen and oxygen atoms in total. The predicted octanol–water partition coefficient (Wildman–Crippen LogP) is 14.5. The van der Waals surface area contributed by atoms with E-state index < -0.39 is 0 Å². The molecule has 0 aliphatic rings. The van der Waals surface area contributed by atoms with E-state index in [1.54, 1.807) is 0 Å². The molecular formula is C57H35N5. The molecule has 0 radical (unpaired) electrons. The first-order valence-corrected chi connectivity index (χ1v) is 21.0. The van der Waals surface area contributed by atoms with Gasteiger partial charge < -0.3 is 9.13 Å². The lowest BCUT2D eigenvalue weighted by atomic mass is 10.0. The molecule has 0 saturated heterocycles. The Morgan fingerprint density at radius 3 is 1.56 bits per heavy atom. The number of hydrogen-bond acceptors (Lipinski definition) is 3. The average molecular weight is 790 g/mol. The molecular weight excluding hydrogens is 755 g/mol. The lowest BCUT2D eigenvalue weighted by Gasteiger charge is -2.15. The third-order valence-electron chi connectivity index (χ3n) is 12.5. The van der Waals surface area contributed by atoms with Gasteiger partial charge >= 0.3 is 0 Å². The molecule has 0 N–H and O–H groups in total. The summed E-state index contributed by atoms with van der Waals surface area (Å²) < 4.78 is 4.95. The summed E-state index contributed by atoms with van der Waals surface area (Å²) in [4.78, 5) is 15.3. The number of hydrogen-bond donors (Lipinski definition) is 0. The van der Waals surface area contributed by atoms with Crippen LogP contribution in [0.3, 0.4) is 0 Å². The maximum Gasteiger partial charge on any atom is 0.164 e. The zero-order valence-electron chi connectivity index (χ0n) is 33.4. The lowest BCUT2D eigenvalue weighted by Crippen LogP contribution is -2.02. The number of benzene rings is 10. The van der Waals surface area contributed by atoms with Crippen molar-refractivity contribution in [2.45, 2.75) is 0 Å². The second-order valence-corrected chi connectivity index (χ2v) is 16.0. The van der Waals surface area contributed by atoms with Crippen LogP contribution in [0, 0.1) is 0 Å². The molecule has 0 atom stereocenters. The standard InChI is InChI=1S/C57H35N5/c1-3-17-37(18-4-1)55-58-56(38-19-5-2-6-20-38)60-57(59-55)44-31-33-48(43-25-12-11-24-42(43)44)62-50-29-15-28-49(54(50)46-34-39-21-7-8-22-40(39)35-52(46)62)61-47-27-14-13-26-45(47)53-41-23-10-9-16-36(41)30-32-51(53)61/h1-35H. The number of aromatic nitrogens is 5. The van der Waals surface area contributed by atoms with E-state index in [1.807, 2.05) is 36.4 Å². The second kappa shape index (κ2) is 13.6. The van der Waals surface area contributed by atoms with Gasteiger partial charge in [0, 0.05) is 43.6 Å². The fourth-order valence-corrected chi connectivity index (χ4v) is 9.78. The van der Waals surface area contributed by atoms with E-state index in [1.165, 1.54) is 54.1 Å². The van der Waals surface area contributed by atoms with Crippen LogP contribution >= 0.6 is 0 Å². The fourth-order valence-electron chi connectivity index (χ4n) is 9.78. The van der Waals surface area contributed by atoms with Gasteiger partial charge in [-0.15, -0.1) is 0 Å². The molecule has 13 aromatic rings. The Kier molecular flexibility index (Phi) is 7.54. The summed E-state index contributed by atoms with van der Waals surface area (Å²) in [6.45, 7) is 0. The summed E-state index contributed by atoms with van der Waals surface area (Å²) in [5.41, 5.74) is 9.73. The molecule has 0 bridgehead atoms. The van der Waals surface area contributed by atoms with Crippen LogP contribution in [0.4, 0.5) is 0 Å². The average Bonchev–Trinajstić information content (AvgIpc) is 3.86. The maximum absolute atomic E-state index is 5.15. The first-order valence-electron chi connectivity index (χ1n) is 21.0. The Balaban J connectivity index is 1.10. The number of para-hydroxylation sites is 1. The summed E-state index contributed by atoms with van der Waals surface area (Å²) >= 11 is 0. The summed E-state index contributed by atoms with van der Waals surface area (Å²) in [5, 5.41) is 12.0. The van der Waals surface area contributed by atoms with Gasteiger partial charge in [-0.1, -0.05) is 164 Å². The molecule has 13 rings (SSSR count). The van der Waals surface area contributed by atoms with E-state index in [2.05, 4.69) is 185 Å². The summed E-state index contributed by atoms with van der Waals surface area (Å²) in [7, 11) is 0. The largest absolute Gasteiger partial charge is 0.309 e. The highest BCUT2D eigenvalue weighted by molar-refractivity contribution is 6.23. The minimum Gasteiger partial charge on any atom is -0.309 e. The van der Waals surface area contributed by atoms with E-state index in [0.717, 1.165) is 49.9 Å². The van der Waals surface area contributed by atoms with Crippen molar-refractivity contribution in [1.29, 1.82) is 0 Å². The molecule has 0 unspecified atom stereocenters. The van der Waals surface area contributed by atoms with Gasteiger partial charge in [0.25, 0.3) is 0 Å². The lowest BCUT2D eigenvalue weighted by molar-refractivity contribution is 1.08. The quantitative estimate of drug-likeness (QED) is 0.174. The molecule has 3 heterocycles. The van der Waals surface area contributed by atoms with Crippen molar-refractivity contribution in [3.8, 4) is 45.5 Å². The Morgan fingerprint density at radius 1 is 0.274 bits per heavy atom. The Labute approximate surface area is 356 Å². The third-order valence-corrected chi connectivity index (χ3v) is 12.5. The number of fused-ring (bicyclic) bond motifs is 10. The van der Waals surface area contributed by atoms with Crippen LogP contribution in [-0.2, 0) is 0 Å². The van der Waals surface area contributed by atoms with Gasteiger partial charge in [-0.05, 0) is 75.5 Å². The highest BCUT2D eigenvalue weighted by Gasteiger charge is 2.23. The highest BCUT2D eigenvalue weighted by atomic mass is 15.0. The van der Waals surface area contributed by atoms with Gasteiger partial charge in [0.05, 0.1) is 33.4 Å². The molecule has 0 aliphatic carbocycles. The SMILES string of the molecule is c1ccc(-c2nc(-c3ccccc3)nc(-c3ccc(-n4c5cc6ccccc6cc5c5c(-n6c7ccccc7c7c8ccccc8ccc76)cccc54)c4ccccc34)n2)cc1. The van der Waals surface area contributed by atoms with E-state index >= 15 is 0 Å². The van der Waals surface area contributed by atoms with Crippen LogP contribution in [0.25, 0.3) is 121 Å².